The Morgan fingerprint density at radius 2 is 1.88 bits per heavy atom. The van der Waals surface area contributed by atoms with Crippen LogP contribution in [0.2, 0.25) is 0 Å². The minimum absolute atomic E-state index is 0.188. The molecule has 4 N–H and O–H groups in total. The van der Waals surface area contributed by atoms with Crippen LogP contribution in [0.15, 0.2) is 72.9 Å². The van der Waals surface area contributed by atoms with E-state index in [9.17, 15) is 0 Å². The Bertz CT molecular complexity index is 1150. The van der Waals surface area contributed by atoms with E-state index in [4.69, 9.17) is 15.7 Å². The van der Waals surface area contributed by atoms with Gasteiger partial charge in [0.05, 0.1) is 11.0 Å². The number of hydrogen-bond acceptors (Lipinski definition) is 4. The second kappa shape index (κ2) is 9.86. The third kappa shape index (κ3) is 4.70. The number of para-hydroxylation sites is 2. The van der Waals surface area contributed by atoms with Crippen molar-refractivity contribution in [2.24, 2.45) is 5.73 Å². The number of benzene rings is 2. The molecule has 2 atom stereocenters. The predicted molar refractivity (Wildman–Crippen MR) is 134 cm³/mol. The van der Waals surface area contributed by atoms with Gasteiger partial charge < -0.3 is 16.0 Å². The summed E-state index contributed by atoms with van der Waals surface area (Å²) in [4.78, 5) is 13.5. The summed E-state index contributed by atoms with van der Waals surface area (Å²) in [6.07, 6.45) is 8.11. The van der Waals surface area contributed by atoms with Crippen molar-refractivity contribution < 1.29 is 0 Å². The summed E-state index contributed by atoms with van der Waals surface area (Å²) in [5.74, 6) is 1.34. The van der Waals surface area contributed by atoms with Crippen molar-refractivity contribution in [3.8, 4) is 0 Å². The normalized spacial score (nSPS) is 17.5. The largest absolute Gasteiger partial charge is 0.342 e. The molecule has 33 heavy (non-hydrogen) atoms. The topological polar surface area (TPSA) is 79.6 Å². The molecule has 5 heteroatoms. The second-order valence-corrected chi connectivity index (χ2v) is 9.26. The smallest absolute Gasteiger partial charge is 0.109 e. The SMILES string of the molecule is NCCCC(Cc1nc2ccccc2[nH]1)(NCc1ccccc1)C1CCCc2cccnc21. The molecule has 5 rings (SSSR count). The lowest BCUT2D eigenvalue weighted by molar-refractivity contribution is 0.212. The van der Waals surface area contributed by atoms with Crippen molar-refractivity contribution in [2.75, 3.05) is 6.54 Å². The molecule has 2 aromatic carbocycles. The molecule has 1 aliphatic rings. The van der Waals surface area contributed by atoms with Gasteiger partial charge in [-0.25, -0.2) is 4.98 Å². The van der Waals surface area contributed by atoms with Crippen LogP contribution in [0, 0.1) is 0 Å². The Morgan fingerprint density at radius 1 is 1.03 bits per heavy atom. The van der Waals surface area contributed by atoms with E-state index in [2.05, 4.69) is 71.0 Å². The van der Waals surface area contributed by atoms with Crippen LogP contribution in [0.25, 0.3) is 11.0 Å². The summed E-state index contributed by atoms with van der Waals surface area (Å²) in [5.41, 5.74) is 11.9. The molecule has 0 radical (unpaired) electrons. The Balaban J connectivity index is 1.56. The first-order valence-corrected chi connectivity index (χ1v) is 12.1. The molecule has 0 saturated heterocycles. The molecule has 5 nitrogen and oxygen atoms in total. The molecule has 170 valence electrons. The van der Waals surface area contributed by atoms with Gasteiger partial charge in [-0.05, 0) is 68.0 Å². The number of nitrogens with one attached hydrogen (secondary N) is 2. The number of aromatic nitrogens is 3. The minimum Gasteiger partial charge on any atom is -0.342 e. The first-order valence-electron chi connectivity index (χ1n) is 12.1. The predicted octanol–water partition coefficient (Wildman–Crippen LogP) is 4.89. The van der Waals surface area contributed by atoms with E-state index in [0.717, 1.165) is 55.5 Å². The van der Waals surface area contributed by atoms with Gasteiger partial charge in [0.2, 0.25) is 0 Å². The maximum absolute atomic E-state index is 6.05. The lowest BCUT2D eigenvalue weighted by Crippen LogP contribution is -2.53. The van der Waals surface area contributed by atoms with Gasteiger partial charge in [0, 0.05) is 36.3 Å². The molecular formula is C28H33N5. The van der Waals surface area contributed by atoms with Crippen molar-refractivity contribution in [2.45, 2.75) is 56.5 Å². The lowest BCUT2D eigenvalue weighted by Gasteiger charge is -2.44. The van der Waals surface area contributed by atoms with Gasteiger partial charge in [-0.2, -0.15) is 0 Å². The summed E-state index contributed by atoms with van der Waals surface area (Å²) >= 11 is 0. The number of imidazole rings is 1. The van der Waals surface area contributed by atoms with Crippen molar-refractivity contribution in [1.82, 2.24) is 20.3 Å². The van der Waals surface area contributed by atoms with E-state index >= 15 is 0 Å². The molecule has 0 aliphatic heterocycles. The zero-order chi connectivity index (χ0) is 22.5. The molecule has 0 spiro atoms. The summed E-state index contributed by atoms with van der Waals surface area (Å²) < 4.78 is 0. The summed E-state index contributed by atoms with van der Waals surface area (Å²) in [7, 11) is 0. The van der Waals surface area contributed by atoms with Crippen LogP contribution in [-0.2, 0) is 19.4 Å². The van der Waals surface area contributed by atoms with Crippen LogP contribution >= 0.6 is 0 Å². The standard InChI is InChI=1S/C28H33N5/c29-17-8-16-28(31-20-21-9-2-1-3-10-21,19-26-32-24-14-4-5-15-25(24)33-26)23-13-6-11-22-12-7-18-30-27(22)23/h1-5,7,9-10,12,14-15,18,23,31H,6,8,11,13,16-17,19-20,29H2,(H,32,33). The number of hydrogen-bond donors (Lipinski definition) is 3. The maximum atomic E-state index is 6.05. The van der Waals surface area contributed by atoms with Gasteiger partial charge in [0.25, 0.3) is 0 Å². The fourth-order valence-electron chi connectivity index (χ4n) is 5.49. The third-order valence-electron chi connectivity index (χ3n) is 7.10. The fourth-order valence-corrected chi connectivity index (χ4v) is 5.49. The van der Waals surface area contributed by atoms with E-state index in [1.165, 1.54) is 23.2 Å². The van der Waals surface area contributed by atoms with Gasteiger partial charge in [-0.15, -0.1) is 0 Å². The van der Waals surface area contributed by atoms with Gasteiger partial charge >= 0.3 is 0 Å². The van der Waals surface area contributed by atoms with Gasteiger partial charge in [0.15, 0.2) is 0 Å². The van der Waals surface area contributed by atoms with Crippen molar-refractivity contribution in [3.05, 3.63) is 95.6 Å². The minimum atomic E-state index is -0.188. The van der Waals surface area contributed by atoms with E-state index in [1.807, 2.05) is 12.3 Å². The molecule has 4 aromatic rings. The monoisotopic (exact) mass is 439 g/mol. The van der Waals surface area contributed by atoms with Crippen molar-refractivity contribution >= 4 is 11.0 Å². The van der Waals surface area contributed by atoms with E-state index < -0.39 is 0 Å². The Kier molecular flexibility index (Phi) is 6.51. The number of fused-ring (bicyclic) bond motifs is 2. The molecule has 1 aliphatic carbocycles. The Hall–Kier alpha value is -3.02. The van der Waals surface area contributed by atoms with Gasteiger partial charge in [0.1, 0.15) is 5.82 Å². The molecule has 2 unspecified atom stereocenters. The summed E-state index contributed by atoms with van der Waals surface area (Å²) in [5, 5.41) is 4.03. The molecule has 0 fully saturated rings. The van der Waals surface area contributed by atoms with Crippen molar-refractivity contribution in [3.63, 3.8) is 0 Å². The highest BCUT2D eigenvalue weighted by molar-refractivity contribution is 5.74. The van der Waals surface area contributed by atoms with Crippen LogP contribution in [0.4, 0.5) is 0 Å². The van der Waals surface area contributed by atoms with E-state index in [0.29, 0.717) is 12.5 Å². The first-order chi connectivity index (χ1) is 16.3. The van der Waals surface area contributed by atoms with Gasteiger partial charge in [-0.1, -0.05) is 48.5 Å². The Labute approximate surface area is 195 Å². The van der Waals surface area contributed by atoms with E-state index in [-0.39, 0.29) is 5.54 Å². The highest BCUT2D eigenvalue weighted by Gasteiger charge is 2.42. The van der Waals surface area contributed by atoms with Crippen molar-refractivity contribution in [1.29, 1.82) is 0 Å². The molecule has 2 aromatic heterocycles. The number of pyridine rings is 1. The number of rotatable bonds is 9. The summed E-state index contributed by atoms with van der Waals surface area (Å²) in [6.45, 7) is 1.49. The number of nitrogens with zero attached hydrogens (tertiary/aromatic N) is 2. The quantitative estimate of drug-likeness (QED) is 0.347. The fraction of sp³-hybridized carbons (Fsp3) is 0.357. The maximum Gasteiger partial charge on any atom is 0.109 e. The lowest BCUT2D eigenvalue weighted by atomic mass is 9.69. The molecule has 0 bridgehead atoms. The van der Waals surface area contributed by atoms with Crippen LogP contribution in [0.5, 0.6) is 0 Å². The average molecular weight is 440 g/mol. The number of aryl methyl sites for hydroxylation is 1. The highest BCUT2D eigenvalue weighted by atomic mass is 15.0. The molecular weight excluding hydrogens is 406 g/mol. The third-order valence-corrected chi connectivity index (χ3v) is 7.10. The number of nitrogens with two attached hydrogens (primary N) is 1. The summed E-state index contributed by atoms with van der Waals surface area (Å²) in [6, 6.07) is 23.3. The zero-order valence-electron chi connectivity index (χ0n) is 19.1. The molecule has 0 amide bonds. The Morgan fingerprint density at radius 3 is 2.73 bits per heavy atom. The second-order valence-electron chi connectivity index (χ2n) is 9.26. The van der Waals surface area contributed by atoms with Crippen LogP contribution < -0.4 is 11.1 Å². The molecule has 2 heterocycles. The number of aromatic amines is 1. The van der Waals surface area contributed by atoms with Crippen LogP contribution in [-0.4, -0.2) is 27.0 Å². The first kappa shape index (κ1) is 21.8. The van der Waals surface area contributed by atoms with Gasteiger partial charge in [-0.3, -0.25) is 4.98 Å². The number of H-pyrrole nitrogens is 1. The molecule has 0 saturated carbocycles. The highest BCUT2D eigenvalue weighted by Crippen LogP contribution is 2.42. The van der Waals surface area contributed by atoms with Crippen LogP contribution in [0.1, 0.15) is 54.2 Å². The average Bonchev–Trinajstić information content (AvgIpc) is 3.28. The van der Waals surface area contributed by atoms with E-state index in [1.54, 1.807) is 0 Å². The van der Waals surface area contributed by atoms with Crippen LogP contribution in [0.3, 0.4) is 0 Å². The zero-order valence-corrected chi connectivity index (χ0v) is 19.1.